The maximum Gasteiger partial charge on any atom is 0.228 e. The van der Waals surface area contributed by atoms with Crippen molar-refractivity contribution in [2.45, 2.75) is 24.3 Å². The number of nitrogens with one attached hydrogen (secondary N) is 3. The van der Waals surface area contributed by atoms with Crippen LogP contribution in [0.5, 0.6) is 0 Å². The Hall–Kier alpha value is -2.06. The van der Waals surface area contributed by atoms with Crippen molar-refractivity contribution in [3.8, 4) is 0 Å². The van der Waals surface area contributed by atoms with Gasteiger partial charge in [-0.3, -0.25) is 14.9 Å². The molecule has 0 saturated heterocycles. The van der Waals surface area contributed by atoms with Crippen molar-refractivity contribution >= 4 is 41.1 Å². The Bertz CT molecular complexity index is 674. The van der Waals surface area contributed by atoms with Crippen LogP contribution in [-0.4, -0.2) is 33.5 Å². The van der Waals surface area contributed by atoms with Crippen LogP contribution in [0.2, 0.25) is 5.02 Å². The Balaban J connectivity index is 1.77. The highest BCUT2D eigenvalue weighted by Crippen LogP contribution is 2.21. The van der Waals surface area contributed by atoms with Crippen molar-refractivity contribution in [2.24, 2.45) is 0 Å². The van der Waals surface area contributed by atoms with Gasteiger partial charge in [-0.15, -0.1) is 5.10 Å². The molecule has 23 heavy (non-hydrogen) atoms. The molecule has 3 N–H and O–H groups in total. The number of benzene rings is 1. The smallest absolute Gasteiger partial charge is 0.228 e. The number of hydrogen-bond acceptors (Lipinski definition) is 5. The van der Waals surface area contributed by atoms with Gasteiger partial charge in [0.1, 0.15) is 0 Å². The van der Waals surface area contributed by atoms with E-state index in [4.69, 9.17) is 11.6 Å². The SMILES string of the molecule is CC(=O)NCCC(=O)Nc1nc(SCc2ccc(Cl)cc2)n[nH]1. The third-order valence-electron chi connectivity index (χ3n) is 2.73. The number of thioether (sulfide) groups is 1. The molecular formula is C14H16ClN5O2S. The van der Waals surface area contributed by atoms with Gasteiger partial charge in [0.15, 0.2) is 0 Å². The van der Waals surface area contributed by atoms with E-state index >= 15 is 0 Å². The summed E-state index contributed by atoms with van der Waals surface area (Å²) in [6, 6.07) is 7.53. The first-order valence-electron chi connectivity index (χ1n) is 6.87. The van der Waals surface area contributed by atoms with Gasteiger partial charge < -0.3 is 5.32 Å². The van der Waals surface area contributed by atoms with Gasteiger partial charge in [-0.2, -0.15) is 4.98 Å². The quantitative estimate of drug-likeness (QED) is 0.663. The van der Waals surface area contributed by atoms with E-state index in [1.165, 1.54) is 18.7 Å². The summed E-state index contributed by atoms with van der Waals surface area (Å²) < 4.78 is 0. The number of rotatable bonds is 7. The fraction of sp³-hybridized carbons (Fsp3) is 0.286. The van der Waals surface area contributed by atoms with Gasteiger partial charge in [0, 0.05) is 30.7 Å². The van der Waals surface area contributed by atoms with E-state index in [1.807, 2.05) is 24.3 Å². The van der Waals surface area contributed by atoms with Crippen molar-refractivity contribution in [2.75, 3.05) is 11.9 Å². The van der Waals surface area contributed by atoms with Crippen molar-refractivity contribution in [3.63, 3.8) is 0 Å². The first-order valence-corrected chi connectivity index (χ1v) is 8.23. The molecule has 0 radical (unpaired) electrons. The zero-order valence-electron chi connectivity index (χ0n) is 12.4. The average Bonchev–Trinajstić information content (AvgIpc) is 2.93. The van der Waals surface area contributed by atoms with E-state index in [2.05, 4.69) is 25.8 Å². The number of H-pyrrole nitrogens is 1. The summed E-state index contributed by atoms with van der Waals surface area (Å²) in [6.45, 7) is 1.69. The standard InChI is InChI=1S/C14H16ClN5O2S/c1-9(21)16-7-6-12(22)17-13-18-14(20-19-13)23-8-10-2-4-11(15)5-3-10/h2-5H,6-8H2,1H3,(H,16,21)(H2,17,18,19,20,22). The van der Waals surface area contributed by atoms with Crippen LogP contribution >= 0.6 is 23.4 Å². The molecule has 1 aromatic heterocycles. The van der Waals surface area contributed by atoms with Crippen LogP contribution < -0.4 is 10.6 Å². The summed E-state index contributed by atoms with van der Waals surface area (Å²) in [5.74, 6) is 0.573. The van der Waals surface area contributed by atoms with Gasteiger partial charge in [0.25, 0.3) is 0 Å². The largest absolute Gasteiger partial charge is 0.356 e. The molecule has 1 heterocycles. The summed E-state index contributed by atoms with van der Waals surface area (Å²) in [6.07, 6.45) is 0.174. The van der Waals surface area contributed by atoms with E-state index in [-0.39, 0.29) is 30.7 Å². The van der Waals surface area contributed by atoms with Crippen LogP contribution in [0.25, 0.3) is 0 Å². The van der Waals surface area contributed by atoms with E-state index in [0.29, 0.717) is 15.9 Å². The molecule has 2 aromatic rings. The molecule has 0 aliphatic rings. The summed E-state index contributed by atoms with van der Waals surface area (Å²) in [5, 5.41) is 13.1. The van der Waals surface area contributed by atoms with Crippen molar-refractivity contribution in [3.05, 3.63) is 34.9 Å². The molecule has 0 atom stereocenters. The molecule has 0 bridgehead atoms. The minimum atomic E-state index is -0.246. The average molecular weight is 354 g/mol. The number of carbonyl (C=O) groups excluding carboxylic acids is 2. The predicted octanol–water partition coefficient (Wildman–Crippen LogP) is 2.22. The number of hydrogen-bond donors (Lipinski definition) is 3. The number of aromatic amines is 1. The fourth-order valence-electron chi connectivity index (χ4n) is 1.64. The second kappa shape index (κ2) is 8.54. The van der Waals surface area contributed by atoms with Crippen LogP contribution in [0.15, 0.2) is 29.4 Å². The van der Waals surface area contributed by atoms with Gasteiger partial charge in [-0.1, -0.05) is 35.5 Å². The molecule has 0 fully saturated rings. The minimum Gasteiger partial charge on any atom is -0.356 e. The summed E-state index contributed by atoms with van der Waals surface area (Å²) >= 11 is 7.28. The molecule has 2 rings (SSSR count). The molecule has 0 aliphatic heterocycles. The highest BCUT2D eigenvalue weighted by Gasteiger charge is 2.08. The van der Waals surface area contributed by atoms with Gasteiger partial charge in [-0.05, 0) is 17.7 Å². The first kappa shape index (κ1) is 17.3. The molecule has 0 unspecified atom stereocenters. The molecule has 7 nitrogen and oxygen atoms in total. The number of halogens is 1. The molecule has 0 saturated carbocycles. The lowest BCUT2D eigenvalue weighted by Gasteiger charge is -2.01. The van der Waals surface area contributed by atoms with Crippen LogP contribution in [0.3, 0.4) is 0 Å². The van der Waals surface area contributed by atoms with Crippen molar-refractivity contribution in [1.82, 2.24) is 20.5 Å². The zero-order chi connectivity index (χ0) is 16.7. The third-order valence-corrected chi connectivity index (χ3v) is 3.90. The van der Waals surface area contributed by atoms with E-state index in [1.54, 1.807) is 0 Å². The molecule has 0 aliphatic carbocycles. The maximum absolute atomic E-state index is 11.6. The Morgan fingerprint density at radius 2 is 2.04 bits per heavy atom. The maximum atomic E-state index is 11.6. The highest BCUT2D eigenvalue weighted by atomic mass is 35.5. The Morgan fingerprint density at radius 1 is 1.30 bits per heavy atom. The van der Waals surface area contributed by atoms with Crippen molar-refractivity contribution in [1.29, 1.82) is 0 Å². The number of carbonyl (C=O) groups is 2. The van der Waals surface area contributed by atoms with Crippen LogP contribution in [0, 0.1) is 0 Å². The van der Waals surface area contributed by atoms with Crippen LogP contribution in [-0.2, 0) is 15.3 Å². The monoisotopic (exact) mass is 353 g/mol. The summed E-state index contributed by atoms with van der Waals surface area (Å²) in [5.41, 5.74) is 1.10. The molecule has 1 aromatic carbocycles. The lowest BCUT2D eigenvalue weighted by Crippen LogP contribution is -2.25. The number of anilines is 1. The summed E-state index contributed by atoms with van der Waals surface area (Å²) in [4.78, 5) is 26.5. The normalized spacial score (nSPS) is 10.3. The predicted molar refractivity (Wildman–Crippen MR) is 89.3 cm³/mol. The Kier molecular flexibility index (Phi) is 6.42. The lowest BCUT2D eigenvalue weighted by atomic mass is 10.2. The van der Waals surface area contributed by atoms with Gasteiger partial charge >= 0.3 is 0 Å². The molecule has 9 heteroatoms. The fourth-order valence-corrected chi connectivity index (χ4v) is 2.52. The number of aromatic nitrogens is 3. The van der Waals surface area contributed by atoms with Gasteiger partial charge in [-0.25, -0.2) is 5.10 Å². The van der Waals surface area contributed by atoms with Crippen LogP contribution in [0.4, 0.5) is 5.95 Å². The third kappa shape index (κ3) is 6.29. The highest BCUT2D eigenvalue weighted by molar-refractivity contribution is 7.98. The van der Waals surface area contributed by atoms with E-state index < -0.39 is 0 Å². The second-order valence-electron chi connectivity index (χ2n) is 4.66. The first-order chi connectivity index (χ1) is 11.0. The lowest BCUT2D eigenvalue weighted by molar-refractivity contribution is -0.119. The number of nitrogens with zero attached hydrogens (tertiary/aromatic N) is 2. The molecule has 122 valence electrons. The minimum absolute atomic E-state index is 0.168. The van der Waals surface area contributed by atoms with Crippen LogP contribution in [0.1, 0.15) is 18.9 Å². The summed E-state index contributed by atoms with van der Waals surface area (Å²) in [7, 11) is 0. The topological polar surface area (TPSA) is 99.8 Å². The van der Waals surface area contributed by atoms with Gasteiger partial charge in [0.05, 0.1) is 0 Å². The van der Waals surface area contributed by atoms with Gasteiger partial charge in [0.2, 0.25) is 22.9 Å². The number of amides is 2. The van der Waals surface area contributed by atoms with E-state index in [9.17, 15) is 9.59 Å². The Morgan fingerprint density at radius 3 is 2.74 bits per heavy atom. The molecular weight excluding hydrogens is 338 g/mol. The molecule has 2 amide bonds. The zero-order valence-corrected chi connectivity index (χ0v) is 14.0. The van der Waals surface area contributed by atoms with Crippen molar-refractivity contribution < 1.29 is 9.59 Å². The Labute approximate surface area is 142 Å². The van der Waals surface area contributed by atoms with E-state index in [0.717, 1.165) is 5.56 Å². The molecule has 0 spiro atoms. The second-order valence-corrected chi connectivity index (χ2v) is 6.04.